The van der Waals surface area contributed by atoms with Gasteiger partial charge in [0.2, 0.25) is 0 Å². The number of hydrogen-bond acceptors (Lipinski definition) is 5. The molecule has 8 nitrogen and oxygen atoms in total. The van der Waals surface area contributed by atoms with Crippen LogP contribution in [0.3, 0.4) is 0 Å². The lowest BCUT2D eigenvalue weighted by Crippen LogP contribution is -2.44. The van der Waals surface area contributed by atoms with Gasteiger partial charge in [0.1, 0.15) is 5.69 Å². The number of carbonyl (C=O) groups excluding carboxylic acids is 1. The number of aryl methyl sites for hydroxylation is 1. The van der Waals surface area contributed by atoms with Crippen LogP contribution < -0.4 is 15.5 Å². The number of amides is 2. The molecule has 1 saturated heterocycles. The van der Waals surface area contributed by atoms with Gasteiger partial charge < -0.3 is 20.4 Å². The van der Waals surface area contributed by atoms with Crippen LogP contribution in [0.4, 0.5) is 35.0 Å². The number of nitrogens with one attached hydrogen (secondary N) is 3. The number of urea groups is 1. The number of hydrogen-bond donors (Lipinski definition) is 3. The smallest absolute Gasteiger partial charge is 0.367 e. The van der Waals surface area contributed by atoms with Crippen molar-refractivity contribution in [2.45, 2.75) is 13.1 Å². The quantitative estimate of drug-likeness (QED) is 0.345. The molecular formula is C26H26F3N7O. The van der Waals surface area contributed by atoms with E-state index in [1.807, 2.05) is 25.1 Å². The van der Waals surface area contributed by atoms with Crippen molar-refractivity contribution in [3.05, 3.63) is 66.0 Å². The van der Waals surface area contributed by atoms with E-state index in [4.69, 9.17) is 0 Å². The normalized spacial score (nSPS) is 14.7. The summed E-state index contributed by atoms with van der Waals surface area (Å²) in [4.78, 5) is 21.3. The highest BCUT2D eigenvalue weighted by molar-refractivity contribution is 6.02. The first-order valence-electron chi connectivity index (χ1n) is 11.8. The number of alkyl halides is 3. The molecule has 5 rings (SSSR count). The molecule has 37 heavy (non-hydrogen) atoms. The number of carbonyl (C=O) groups is 1. The number of likely N-dealkylation sites (N-methyl/N-ethyl adjacent to an activating group) is 1. The topological polar surface area (TPSA) is 89.2 Å². The lowest BCUT2D eigenvalue weighted by molar-refractivity contribution is -0.139. The number of fused-ring (bicyclic) bond motifs is 1. The maximum absolute atomic E-state index is 13.5. The molecule has 2 aromatic carbocycles. The van der Waals surface area contributed by atoms with Crippen LogP contribution in [0.2, 0.25) is 0 Å². The van der Waals surface area contributed by atoms with Crippen LogP contribution in [0, 0.1) is 6.92 Å². The van der Waals surface area contributed by atoms with Gasteiger partial charge in [0.25, 0.3) is 0 Å². The van der Waals surface area contributed by atoms with Crippen molar-refractivity contribution in [2.24, 2.45) is 0 Å². The maximum atomic E-state index is 13.5. The summed E-state index contributed by atoms with van der Waals surface area (Å²) in [6, 6.07) is 13.7. The van der Waals surface area contributed by atoms with Gasteiger partial charge in [-0.1, -0.05) is 18.2 Å². The SMILES string of the molecule is Cc1ccc(N2CCN(C)CC2)c(NC(=O)Nc2ccc(-c3ccnc4n[nH]c(C(F)(F)F)c34)cc2)c1. The first-order chi connectivity index (χ1) is 17.7. The third-order valence-electron chi connectivity index (χ3n) is 6.44. The van der Waals surface area contributed by atoms with Gasteiger partial charge in [-0.15, -0.1) is 0 Å². The third-order valence-corrected chi connectivity index (χ3v) is 6.44. The van der Waals surface area contributed by atoms with E-state index in [2.05, 4.69) is 42.7 Å². The van der Waals surface area contributed by atoms with E-state index in [9.17, 15) is 18.0 Å². The van der Waals surface area contributed by atoms with Gasteiger partial charge in [0.05, 0.1) is 16.8 Å². The highest BCUT2D eigenvalue weighted by Crippen LogP contribution is 2.37. The molecule has 3 heterocycles. The van der Waals surface area contributed by atoms with Crippen LogP contribution in [0.15, 0.2) is 54.7 Å². The Kier molecular flexibility index (Phi) is 6.46. The van der Waals surface area contributed by atoms with Crippen molar-refractivity contribution in [1.82, 2.24) is 20.1 Å². The standard InChI is InChI=1S/C26H26F3N7O/c1-16-3-8-21(36-13-11-35(2)12-14-36)20(15-16)32-25(37)31-18-6-4-17(5-7-18)19-9-10-30-24-22(19)23(33-34-24)26(27,28)29/h3-10,15H,11-14H2,1-2H3,(H,30,33,34)(H2,31,32,37). The van der Waals surface area contributed by atoms with E-state index >= 15 is 0 Å². The summed E-state index contributed by atoms with van der Waals surface area (Å²) in [6.45, 7) is 5.59. The van der Waals surface area contributed by atoms with Gasteiger partial charge in [0.15, 0.2) is 5.65 Å². The number of aromatic amines is 1. The van der Waals surface area contributed by atoms with E-state index in [0.29, 0.717) is 16.8 Å². The molecule has 0 bridgehead atoms. The molecule has 1 aliphatic heterocycles. The Hall–Kier alpha value is -4.12. The number of aromatic nitrogens is 3. The second kappa shape index (κ2) is 9.74. The summed E-state index contributed by atoms with van der Waals surface area (Å²) < 4.78 is 40.4. The fourth-order valence-corrected chi connectivity index (χ4v) is 4.48. The number of nitrogens with zero attached hydrogens (tertiary/aromatic N) is 4. The Bertz CT molecular complexity index is 1420. The van der Waals surface area contributed by atoms with E-state index < -0.39 is 17.9 Å². The summed E-state index contributed by atoms with van der Waals surface area (Å²) in [5, 5.41) is 11.4. The molecule has 0 unspecified atom stereocenters. The summed E-state index contributed by atoms with van der Waals surface area (Å²) in [5.41, 5.74) is 3.15. The van der Waals surface area contributed by atoms with Crippen molar-refractivity contribution >= 4 is 34.1 Å². The molecular weight excluding hydrogens is 483 g/mol. The van der Waals surface area contributed by atoms with Crippen LogP contribution in [0.1, 0.15) is 11.3 Å². The summed E-state index contributed by atoms with van der Waals surface area (Å²) >= 11 is 0. The number of pyridine rings is 1. The first-order valence-corrected chi connectivity index (χ1v) is 11.8. The molecule has 2 aromatic heterocycles. The van der Waals surface area contributed by atoms with Crippen molar-refractivity contribution in [3.63, 3.8) is 0 Å². The fraction of sp³-hybridized carbons (Fsp3) is 0.269. The molecule has 0 atom stereocenters. The number of rotatable bonds is 4. The molecule has 0 aliphatic carbocycles. The zero-order chi connectivity index (χ0) is 26.2. The van der Waals surface area contributed by atoms with Crippen LogP contribution >= 0.6 is 0 Å². The fourth-order valence-electron chi connectivity index (χ4n) is 4.48. The Morgan fingerprint density at radius 2 is 1.73 bits per heavy atom. The van der Waals surface area contributed by atoms with E-state index in [1.54, 1.807) is 24.3 Å². The minimum atomic E-state index is -4.59. The van der Waals surface area contributed by atoms with Gasteiger partial charge in [-0.25, -0.2) is 9.78 Å². The second-order valence-electron chi connectivity index (χ2n) is 9.12. The predicted octanol–water partition coefficient (Wildman–Crippen LogP) is 5.35. The predicted molar refractivity (Wildman–Crippen MR) is 138 cm³/mol. The number of H-pyrrole nitrogens is 1. The van der Waals surface area contributed by atoms with Gasteiger partial charge >= 0.3 is 12.2 Å². The molecule has 0 spiro atoms. The average molecular weight is 510 g/mol. The molecule has 11 heteroatoms. The Morgan fingerprint density at radius 3 is 2.43 bits per heavy atom. The zero-order valence-corrected chi connectivity index (χ0v) is 20.4. The second-order valence-corrected chi connectivity index (χ2v) is 9.12. The minimum absolute atomic E-state index is 0.0132. The average Bonchev–Trinajstić information content (AvgIpc) is 3.31. The number of anilines is 3. The molecule has 4 aromatic rings. The minimum Gasteiger partial charge on any atom is -0.367 e. The van der Waals surface area contributed by atoms with E-state index in [-0.39, 0.29) is 11.0 Å². The summed E-state index contributed by atoms with van der Waals surface area (Å²) in [5.74, 6) is 0. The summed E-state index contributed by atoms with van der Waals surface area (Å²) in [7, 11) is 2.09. The molecule has 192 valence electrons. The highest BCUT2D eigenvalue weighted by Gasteiger charge is 2.36. The first kappa shape index (κ1) is 24.6. The van der Waals surface area contributed by atoms with Gasteiger partial charge in [-0.05, 0) is 61.0 Å². The van der Waals surface area contributed by atoms with Gasteiger partial charge in [-0.2, -0.15) is 18.3 Å². The molecule has 2 amide bonds. The van der Waals surface area contributed by atoms with Crippen LogP contribution in [-0.4, -0.2) is 59.3 Å². The maximum Gasteiger partial charge on any atom is 0.433 e. The number of halogens is 3. The van der Waals surface area contributed by atoms with Crippen LogP contribution in [-0.2, 0) is 6.18 Å². The van der Waals surface area contributed by atoms with Crippen molar-refractivity contribution < 1.29 is 18.0 Å². The third kappa shape index (κ3) is 5.21. The lowest BCUT2D eigenvalue weighted by atomic mass is 10.0. The van der Waals surface area contributed by atoms with E-state index in [0.717, 1.165) is 43.1 Å². The molecule has 1 aliphatic rings. The number of benzene rings is 2. The van der Waals surface area contributed by atoms with Gasteiger partial charge in [0, 0.05) is 38.1 Å². The monoisotopic (exact) mass is 509 g/mol. The summed E-state index contributed by atoms with van der Waals surface area (Å²) in [6.07, 6.45) is -3.18. The Labute approximate surface area is 211 Å². The zero-order valence-electron chi connectivity index (χ0n) is 20.4. The van der Waals surface area contributed by atoms with Crippen molar-refractivity contribution in [3.8, 4) is 11.1 Å². The van der Waals surface area contributed by atoms with Gasteiger partial charge in [-0.3, -0.25) is 5.10 Å². The largest absolute Gasteiger partial charge is 0.433 e. The Morgan fingerprint density at radius 1 is 1.00 bits per heavy atom. The lowest BCUT2D eigenvalue weighted by Gasteiger charge is -2.35. The van der Waals surface area contributed by atoms with E-state index in [1.165, 1.54) is 12.3 Å². The molecule has 0 saturated carbocycles. The number of piperazine rings is 1. The van der Waals surface area contributed by atoms with Crippen LogP contribution in [0.25, 0.3) is 22.2 Å². The van der Waals surface area contributed by atoms with Crippen LogP contribution in [0.5, 0.6) is 0 Å². The van der Waals surface area contributed by atoms with Crippen molar-refractivity contribution in [1.29, 1.82) is 0 Å². The molecule has 1 fully saturated rings. The molecule has 3 N–H and O–H groups in total. The highest BCUT2D eigenvalue weighted by atomic mass is 19.4. The van der Waals surface area contributed by atoms with Crippen molar-refractivity contribution in [2.75, 3.05) is 48.8 Å². The molecule has 0 radical (unpaired) electrons. The Balaban J connectivity index is 1.33.